The maximum absolute atomic E-state index is 4.62. The zero-order valence-corrected chi connectivity index (χ0v) is 12.8. The standard InChI is InChI=1S/C16H27N3/c1-5-16(6-2)12-19(11-7-10-17-16)15-9-8-13(3)18-14(15)4/h8-9,17H,5-7,10-12H2,1-4H3. The third-order valence-electron chi connectivity index (χ3n) is 4.49. The van der Waals surface area contributed by atoms with Crippen molar-refractivity contribution in [3.05, 3.63) is 23.5 Å². The fourth-order valence-electron chi connectivity index (χ4n) is 3.07. The number of anilines is 1. The molecular weight excluding hydrogens is 234 g/mol. The number of hydrogen-bond acceptors (Lipinski definition) is 3. The van der Waals surface area contributed by atoms with Crippen LogP contribution in [0.4, 0.5) is 5.69 Å². The Morgan fingerprint density at radius 1 is 1.26 bits per heavy atom. The molecular formula is C16H27N3. The highest BCUT2D eigenvalue weighted by Crippen LogP contribution is 2.26. The van der Waals surface area contributed by atoms with Gasteiger partial charge in [0.2, 0.25) is 0 Å². The van der Waals surface area contributed by atoms with Crippen LogP contribution in [-0.4, -0.2) is 30.2 Å². The Morgan fingerprint density at radius 3 is 2.63 bits per heavy atom. The summed E-state index contributed by atoms with van der Waals surface area (Å²) >= 11 is 0. The van der Waals surface area contributed by atoms with Crippen LogP contribution >= 0.6 is 0 Å². The zero-order valence-electron chi connectivity index (χ0n) is 12.8. The minimum Gasteiger partial charge on any atom is -0.368 e. The smallest absolute Gasteiger partial charge is 0.0608 e. The lowest BCUT2D eigenvalue weighted by molar-refractivity contribution is 0.321. The van der Waals surface area contributed by atoms with Gasteiger partial charge in [0.1, 0.15) is 0 Å². The molecule has 0 aliphatic carbocycles. The van der Waals surface area contributed by atoms with Gasteiger partial charge < -0.3 is 10.2 Å². The van der Waals surface area contributed by atoms with E-state index in [9.17, 15) is 0 Å². The second kappa shape index (κ2) is 5.91. The van der Waals surface area contributed by atoms with E-state index < -0.39 is 0 Å². The molecule has 0 bridgehead atoms. The molecule has 0 atom stereocenters. The third kappa shape index (κ3) is 3.08. The van der Waals surface area contributed by atoms with Gasteiger partial charge in [-0.05, 0) is 51.8 Å². The summed E-state index contributed by atoms with van der Waals surface area (Å²) in [5.41, 5.74) is 3.82. The Hall–Kier alpha value is -1.09. The summed E-state index contributed by atoms with van der Waals surface area (Å²) in [6.07, 6.45) is 3.56. The summed E-state index contributed by atoms with van der Waals surface area (Å²) in [5, 5.41) is 3.76. The van der Waals surface area contributed by atoms with Crippen molar-refractivity contribution in [3.8, 4) is 0 Å². The normalized spacial score (nSPS) is 19.3. The maximum Gasteiger partial charge on any atom is 0.0608 e. The Kier molecular flexibility index (Phi) is 4.46. The van der Waals surface area contributed by atoms with E-state index in [0.717, 1.165) is 31.0 Å². The van der Waals surface area contributed by atoms with E-state index in [0.29, 0.717) is 0 Å². The summed E-state index contributed by atoms with van der Waals surface area (Å²) in [5.74, 6) is 0. The van der Waals surface area contributed by atoms with Gasteiger partial charge in [-0.1, -0.05) is 13.8 Å². The maximum atomic E-state index is 4.62. The van der Waals surface area contributed by atoms with Crippen LogP contribution in [0.5, 0.6) is 0 Å². The highest BCUT2D eigenvalue weighted by Gasteiger charge is 2.30. The van der Waals surface area contributed by atoms with Gasteiger partial charge in [-0.2, -0.15) is 0 Å². The van der Waals surface area contributed by atoms with Gasteiger partial charge >= 0.3 is 0 Å². The van der Waals surface area contributed by atoms with Crippen LogP contribution in [0.3, 0.4) is 0 Å². The molecule has 19 heavy (non-hydrogen) atoms. The van der Waals surface area contributed by atoms with E-state index in [2.05, 4.69) is 55.0 Å². The lowest BCUT2D eigenvalue weighted by Crippen LogP contribution is -2.50. The first kappa shape index (κ1) is 14.3. The average Bonchev–Trinajstić information content (AvgIpc) is 2.62. The molecule has 1 N–H and O–H groups in total. The Labute approximate surface area is 117 Å². The summed E-state index contributed by atoms with van der Waals surface area (Å²) in [7, 11) is 0. The molecule has 106 valence electrons. The molecule has 0 unspecified atom stereocenters. The molecule has 0 spiro atoms. The number of rotatable bonds is 3. The van der Waals surface area contributed by atoms with Crippen molar-refractivity contribution < 1.29 is 0 Å². The van der Waals surface area contributed by atoms with Crippen molar-refractivity contribution in [2.45, 2.75) is 52.5 Å². The van der Waals surface area contributed by atoms with E-state index in [4.69, 9.17) is 0 Å². The van der Waals surface area contributed by atoms with E-state index in [1.54, 1.807) is 0 Å². The van der Waals surface area contributed by atoms with Gasteiger partial charge in [0.15, 0.2) is 0 Å². The van der Waals surface area contributed by atoms with Crippen LogP contribution in [0.2, 0.25) is 0 Å². The Bertz CT molecular complexity index is 424. The van der Waals surface area contributed by atoms with Gasteiger partial charge in [0.25, 0.3) is 0 Å². The van der Waals surface area contributed by atoms with Crippen LogP contribution in [0.25, 0.3) is 0 Å². The molecule has 3 heteroatoms. The predicted octanol–water partition coefficient (Wildman–Crippen LogP) is 3.06. The third-order valence-corrected chi connectivity index (χ3v) is 4.49. The number of nitrogens with zero attached hydrogens (tertiary/aromatic N) is 2. The molecule has 1 saturated heterocycles. The minimum absolute atomic E-state index is 0.258. The number of pyridine rings is 1. The van der Waals surface area contributed by atoms with E-state index in [1.165, 1.54) is 24.9 Å². The number of aromatic nitrogens is 1. The molecule has 0 radical (unpaired) electrons. The van der Waals surface area contributed by atoms with E-state index in [-0.39, 0.29) is 5.54 Å². The summed E-state index contributed by atoms with van der Waals surface area (Å²) in [6, 6.07) is 4.36. The molecule has 0 amide bonds. The molecule has 3 nitrogen and oxygen atoms in total. The van der Waals surface area contributed by atoms with Gasteiger partial charge in [0.05, 0.1) is 11.4 Å². The SMILES string of the molecule is CCC1(CC)CN(c2ccc(C)nc2C)CCCN1. The van der Waals surface area contributed by atoms with Crippen molar-refractivity contribution in [1.82, 2.24) is 10.3 Å². The van der Waals surface area contributed by atoms with Crippen molar-refractivity contribution in [3.63, 3.8) is 0 Å². The van der Waals surface area contributed by atoms with Crippen molar-refractivity contribution in [1.29, 1.82) is 0 Å². The van der Waals surface area contributed by atoms with Gasteiger partial charge in [-0.15, -0.1) is 0 Å². The highest BCUT2D eigenvalue weighted by molar-refractivity contribution is 5.51. The summed E-state index contributed by atoms with van der Waals surface area (Å²) in [4.78, 5) is 7.14. The first-order valence-electron chi connectivity index (χ1n) is 7.54. The van der Waals surface area contributed by atoms with Crippen LogP contribution in [0.1, 0.15) is 44.5 Å². The summed E-state index contributed by atoms with van der Waals surface area (Å²) in [6.45, 7) is 12.1. The van der Waals surface area contributed by atoms with Crippen LogP contribution in [0, 0.1) is 13.8 Å². The van der Waals surface area contributed by atoms with Gasteiger partial charge in [0, 0.05) is 24.3 Å². The largest absolute Gasteiger partial charge is 0.368 e. The minimum atomic E-state index is 0.258. The molecule has 2 rings (SSSR count). The molecule has 1 aromatic rings. The van der Waals surface area contributed by atoms with E-state index in [1.807, 2.05) is 0 Å². The first-order chi connectivity index (χ1) is 9.10. The second-order valence-electron chi connectivity index (χ2n) is 5.75. The lowest BCUT2D eigenvalue weighted by Gasteiger charge is -2.36. The molecule has 2 heterocycles. The second-order valence-corrected chi connectivity index (χ2v) is 5.75. The molecule has 1 aliphatic heterocycles. The topological polar surface area (TPSA) is 28.2 Å². The average molecular weight is 261 g/mol. The highest BCUT2D eigenvalue weighted by atomic mass is 15.2. The molecule has 0 saturated carbocycles. The number of hydrogen-bond donors (Lipinski definition) is 1. The molecule has 1 aliphatic rings. The van der Waals surface area contributed by atoms with E-state index >= 15 is 0 Å². The van der Waals surface area contributed by atoms with Crippen molar-refractivity contribution in [2.24, 2.45) is 0 Å². The Balaban J connectivity index is 2.27. The van der Waals surface area contributed by atoms with Crippen LogP contribution in [0.15, 0.2) is 12.1 Å². The van der Waals surface area contributed by atoms with Gasteiger partial charge in [-0.3, -0.25) is 4.98 Å². The number of aryl methyl sites for hydroxylation is 2. The fraction of sp³-hybridized carbons (Fsp3) is 0.688. The quantitative estimate of drug-likeness (QED) is 0.906. The fourth-order valence-corrected chi connectivity index (χ4v) is 3.07. The van der Waals surface area contributed by atoms with Crippen LogP contribution in [-0.2, 0) is 0 Å². The van der Waals surface area contributed by atoms with Crippen molar-refractivity contribution in [2.75, 3.05) is 24.5 Å². The predicted molar refractivity (Wildman–Crippen MR) is 81.9 cm³/mol. The van der Waals surface area contributed by atoms with Crippen molar-refractivity contribution >= 4 is 5.69 Å². The monoisotopic (exact) mass is 261 g/mol. The Morgan fingerprint density at radius 2 is 2.00 bits per heavy atom. The zero-order chi connectivity index (χ0) is 13.9. The molecule has 0 aromatic carbocycles. The molecule has 1 aromatic heterocycles. The first-order valence-corrected chi connectivity index (χ1v) is 7.54. The van der Waals surface area contributed by atoms with Gasteiger partial charge in [-0.25, -0.2) is 0 Å². The lowest BCUT2D eigenvalue weighted by atomic mass is 9.92. The summed E-state index contributed by atoms with van der Waals surface area (Å²) < 4.78 is 0. The molecule has 1 fully saturated rings. The van der Waals surface area contributed by atoms with Crippen LogP contribution < -0.4 is 10.2 Å². The number of nitrogens with one attached hydrogen (secondary N) is 1.